The van der Waals surface area contributed by atoms with Crippen LogP contribution in [0.3, 0.4) is 0 Å². The fourth-order valence-electron chi connectivity index (χ4n) is 4.40. The summed E-state index contributed by atoms with van der Waals surface area (Å²) in [6.07, 6.45) is -1.17. The molecular formula is C28H26O6. The minimum Gasteiger partial charge on any atom is -0.507 e. The summed E-state index contributed by atoms with van der Waals surface area (Å²) in [4.78, 5) is 12.7. The summed E-state index contributed by atoms with van der Waals surface area (Å²) in [5, 5.41) is 25.5. The lowest BCUT2D eigenvalue weighted by Gasteiger charge is -2.22. The average molecular weight is 459 g/mol. The van der Waals surface area contributed by atoms with Gasteiger partial charge in [-0.05, 0) is 39.2 Å². The van der Waals surface area contributed by atoms with Crippen LogP contribution in [0, 0.1) is 0 Å². The van der Waals surface area contributed by atoms with Crippen molar-refractivity contribution >= 4 is 33.3 Å². The van der Waals surface area contributed by atoms with Gasteiger partial charge in [-0.1, -0.05) is 55.1 Å². The number of carbonyl (C=O) groups is 1. The van der Waals surface area contributed by atoms with E-state index in [0.29, 0.717) is 28.0 Å². The number of aliphatic hydroxyl groups is 1. The third-order valence-corrected chi connectivity index (χ3v) is 6.10. The van der Waals surface area contributed by atoms with Gasteiger partial charge in [-0.3, -0.25) is 0 Å². The first kappa shape index (κ1) is 23.3. The van der Waals surface area contributed by atoms with E-state index < -0.39 is 12.3 Å². The first-order valence-corrected chi connectivity index (χ1v) is 10.7. The molecule has 0 radical (unpaired) electrons. The summed E-state index contributed by atoms with van der Waals surface area (Å²) in [7, 11) is 4.15. The summed E-state index contributed by atoms with van der Waals surface area (Å²) >= 11 is 0. The Bertz CT molecular complexity index is 1410. The minimum absolute atomic E-state index is 0.0240. The van der Waals surface area contributed by atoms with Crippen molar-refractivity contribution < 1.29 is 29.2 Å². The number of phenolic OH excluding ortho intramolecular Hbond substituents is 1. The molecule has 0 unspecified atom stereocenters. The van der Waals surface area contributed by atoms with E-state index in [1.807, 2.05) is 54.6 Å². The second-order valence-corrected chi connectivity index (χ2v) is 7.89. The molecule has 0 bridgehead atoms. The molecule has 2 N–H and O–H groups in total. The first-order valence-electron chi connectivity index (χ1n) is 10.7. The highest BCUT2D eigenvalue weighted by molar-refractivity contribution is 6.00. The fourth-order valence-corrected chi connectivity index (χ4v) is 4.40. The lowest BCUT2D eigenvalue weighted by atomic mass is 9.87. The molecule has 0 spiro atoms. The Balaban J connectivity index is 2.08. The topological polar surface area (TPSA) is 85.2 Å². The van der Waals surface area contributed by atoms with Gasteiger partial charge in [0.2, 0.25) is 0 Å². The number of carbonyl (C=O) groups excluding carboxylic acids is 1. The lowest BCUT2D eigenvalue weighted by Crippen LogP contribution is -2.14. The monoisotopic (exact) mass is 458 g/mol. The van der Waals surface area contributed by atoms with Crippen molar-refractivity contribution in [1.29, 1.82) is 0 Å². The van der Waals surface area contributed by atoms with Crippen molar-refractivity contribution in [3.05, 3.63) is 95.1 Å². The zero-order valence-corrected chi connectivity index (χ0v) is 19.3. The van der Waals surface area contributed by atoms with E-state index in [-0.39, 0.29) is 17.7 Å². The molecule has 0 aromatic heterocycles. The number of aliphatic hydroxyl groups excluding tert-OH is 1. The number of ether oxygens (including phenoxy) is 3. The minimum atomic E-state index is -1.38. The maximum absolute atomic E-state index is 12.7. The number of esters is 1. The van der Waals surface area contributed by atoms with Crippen LogP contribution in [0.1, 0.15) is 38.9 Å². The molecule has 6 heteroatoms. The predicted octanol–water partition coefficient (Wildman–Crippen LogP) is 5.33. The molecule has 0 amide bonds. The van der Waals surface area contributed by atoms with Crippen LogP contribution in [0.15, 0.2) is 67.2 Å². The van der Waals surface area contributed by atoms with Crippen LogP contribution in [0.25, 0.3) is 27.3 Å². The number of benzene rings is 4. The summed E-state index contributed by atoms with van der Waals surface area (Å²) in [5.41, 5.74) is 2.23. The SMILES string of the molecule is C=C(OC)c1cc2ccccc2c(Cc2c([C@@H](O)OC)c(C(=O)OC)cc3ccccc23)c1O. The van der Waals surface area contributed by atoms with E-state index in [2.05, 4.69) is 6.58 Å². The molecule has 0 aliphatic heterocycles. The molecule has 1 atom stereocenters. The fraction of sp³-hybridized carbons (Fsp3) is 0.179. The van der Waals surface area contributed by atoms with E-state index in [9.17, 15) is 15.0 Å². The van der Waals surface area contributed by atoms with Gasteiger partial charge in [0.15, 0.2) is 6.29 Å². The van der Waals surface area contributed by atoms with Crippen LogP contribution in [0.4, 0.5) is 0 Å². The van der Waals surface area contributed by atoms with Crippen molar-refractivity contribution in [2.45, 2.75) is 12.7 Å². The van der Waals surface area contributed by atoms with E-state index in [1.165, 1.54) is 21.3 Å². The highest BCUT2D eigenvalue weighted by Gasteiger charge is 2.26. The Kier molecular flexibility index (Phi) is 6.54. The third-order valence-electron chi connectivity index (χ3n) is 6.10. The molecule has 4 aromatic rings. The molecule has 6 nitrogen and oxygen atoms in total. The van der Waals surface area contributed by atoms with Crippen molar-refractivity contribution in [2.24, 2.45) is 0 Å². The number of methoxy groups -OCH3 is 3. The Morgan fingerprint density at radius 3 is 2.00 bits per heavy atom. The highest BCUT2D eigenvalue weighted by atomic mass is 16.6. The molecule has 174 valence electrons. The molecule has 4 rings (SSSR count). The lowest BCUT2D eigenvalue weighted by molar-refractivity contribution is -0.0779. The van der Waals surface area contributed by atoms with Crippen LogP contribution in [0.5, 0.6) is 5.75 Å². The van der Waals surface area contributed by atoms with Crippen molar-refractivity contribution in [2.75, 3.05) is 21.3 Å². The van der Waals surface area contributed by atoms with Gasteiger partial charge in [-0.2, -0.15) is 0 Å². The standard InChI is InChI=1S/C28H26O6/c1-16(32-2)21-13-17-9-6-8-12-20(17)23(26(21)29)15-22-19-11-7-5-10-18(19)14-24(27(30)33-3)25(22)28(31)34-4/h5-14,28-29,31H,1,15H2,2-4H3/t28-/m0/s1. The highest BCUT2D eigenvalue weighted by Crippen LogP contribution is 2.40. The van der Waals surface area contributed by atoms with Crippen LogP contribution >= 0.6 is 0 Å². The number of hydrogen-bond donors (Lipinski definition) is 2. The van der Waals surface area contributed by atoms with Crippen LogP contribution < -0.4 is 0 Å². The number of phenols is 1. The smallest absolute Gasteiger partial charge is 0.338 e. The largest absolute Gasteiger partial charge is 0.507 e. The number of aromatic hydroxyl groups is 1. The summed E-state index contributed by atoms with van der Waals surface area (Å²) in [5.74, 6) is -0.237. The molecular weight excluding hydrogens is 432 g/mol. The van der Waals surface area contributed by atoms with E-state index in [1.54, 1.807) is 6.07 Å². The predicted molar refractivity (Wildman–Crippen MR) is 132 cm³/mol. The van der Waals surface area contributed by atoms with Gasteiger partial charge in [-0.25, -0.2) is 4.79 Å². The third kappa shape index (κ3) is 3.98. The Morgan fingerprint density at radius 1 is 0.882 bits per heavy atom. The quantitative estimate of drug-likeness (QED) is 0.221. The second-order valence-electron chi connectivity index (χ2n) is 7.89. The Morgan fingerprint density at radius 2 is 1.44 bits per heavy atom. The normalized spacial score (nSPS) is 12.0. The molecule has 0 fully saturated rings. The van der Waals surface area contributed by atoms with E-state index in [0.717, 1.165) is 21.5 Å². The second kappa shape index (κ2) is 9.55. The van der Waals surface area contributed by atoms with Crippen LogP contribution in [-0.4, -0.2) is 37.5 Å². The van der Waals surface area contributed by atoms with Gasteiger partial charge in [-0.15, -0.1) is 0 Å². The summed E-state index contributed by atoms with van der Waals surface area (Å²) in [6, 6.07) is 18.7. The van der Waals surface area contributed by atoms with Gasteiger partial charge in [0.25, 0.3) is 0 Å². The molecule has 0 saturated carbocycles. The first-order chi connectivity index (χ1) is 16.4. The number of rotatable bonds is 7. The average Bonchev–Trinajstić information content (AvgIpc) is 2.88. The number of fused-ring (bicyclic) bond motifs is 2. The van der Waals surface area contributed by atoms with Gasteiger partial charge in [0, 0.05) is 24.7 Å². The van der Waals surface area contributed by atoms with Gasteiger partial charge < -0.3 is 24.4 Å². The summed E-state index contributed by atoms with van der Waals surface area (Å²) in [6.45, 7) is 3.91. The van der Waals surface area contributed by atoms with Crippen LogP contribution in [0.2, 0.25) is 0 Å². The molecule has 0 heterocycles. The van der Waals surface area contributed by atoms with Gasteiger partial charge in [0.1, 0.15) is 11.5 Å². The maximum atomic E-state index is 12.7. The molecule has 4 aromatic carbocycles. The Hall–Kier alpha value is -3.87. The van der Waals surface area contributed by atoms with E-state index in [4.69, 9.17) is 14.2 Å². The zero-order valence-electron chi connectivity index (χ0n) is 19.3. The van der Waals surface area contributed by atoms with E-state index >= 15 is 0 Å². The Labute approximate surface area is 197 Å². The van der Waals surface area contributed by atoms with Crippen molar-refractivity contribution in [3.8, 4) is 5.75 Å². The van der Waals surface area contributed by atoms with Gasteiger partial charge >= 0.3 is 5.97 Å². The molecule has 0 aliphatic carbocycles. The zero-order chi connectivity index (χ0) is 24.4. The van der Waals surface area contributed by atoms with Crippen LogP contribution in [-0.2, 0) is 20.6 Å². The molecule has 0 saturated heterocycles. The van der Waals surface area contributed by atoms with Gasteiger partial charge in [0.05, 0.1) is 25.3 Å². The number of hydrogen-bond acceptors (Lipinski definition) is 6. The molecule has 0 aliphatic rings. The summed E-state index contributed by atoms with van der Waals surface area (Å²) < 4.78 is 15.6. The van der Waals surface area contributed by atoms with Crippen molar-refractivity contribution in [1.82, 2.24) is 0 Å². The van der Waals surface area contributed by atoms with Crippen molar-refractivity contribution in [3.63, 3.8) is 0 Å². The molecule has 34 heavy (non-hydrogen) atoms. The maximum Gasteiger partial charge on any atom is 0.338 e.